The number of aromatic hydroxyl groups is 1. The van der Waals surface area contributed by atoms with Crippen LogP contribution in [-0.2, 0) is 14.9 Å². The molecule has 2 aliphatic rings. The van der Waals surface area contributed by atoms with Crippen molar-refractivity contribution in [3.63, 3.8) is 0 Å². The lowest BCUT2D eigenvalue weighted by atomic mass is 9.74. The zero-order valence-corrected chi connectivity index (χ0v) is 18.1. The molecule has 6 heteroatoms. The van der Waals surface area contributed by atoms with E-state index >= 15 is 0 Å². The number of amides is 1. The highest BCUT2D eigenvalue weighted by Gasteiger charge is 2.42. The molecule has 1 saturated carbocycles. The zero-order chi connectivity index (χ0) is 21.8. The highest BCUT2D eigenvalue weighted by molar-refractivity contribution is 5.78. The number of benzene rings is 1. The molecular weight excluding hydrogens is 394 g/mol. The molecule has 1 aromatic carbocycles. The van der Waals surface area contributed by atoms with Crippen molar-refractivity contribution in [3.8, 4) is 5.75 Å². The molecule has 1 aliphatic heterocycles. The van der Waals surface area contributed by atoms with Crippen molar-refractivity contribution in [2.45, 2.75) is 69.2 Å². The fourth-order valence-electron chi connectivity index (χ4n) is 5.09. The molecule has 0 atom stereocenters. The van der Waals surface area contributed by atoms with Crippen molar-refractivity contribution < 1.29 is 19.1 Å². The maximum absolute atomic E-state index is 13.0. The van der Waals surface area contributed by atoms with Gasteiger partial charge in [0.1, 0.15) is 5.76 Å². The van der Waals surface area contributed by atoms with Crippen LogP contribution in [0.25, 0.3) is 0 Å². The first kappa shape index (κ1) is 21.6. The lowest BCUT2D eigenvalue weighted by Gasteiger charge is -2.36. The lowest BCUT2D eigenvalue weighted by Crippen LogP contribution is -2.43. The summed E-state index contributed by atoms with van der Waals surface area (Å²) >= 11 is 0. The van der Waals surface area contributed by atoms with Gasteiger partial charge in [-0.25, -0.2) is 0 Å². The van der Waals surface area contributed by atoms with Gasteiger partial charge < -0.3 is 19.6 Å². The number of carbonyl (C=O) groups is 1. The molecule has 0 radical (unpaired) electrons. The van der Waals surface area contributed by atoms with Gasteiger partial charge in [-0.2, -0.15) is 0 Å². The van der Waals surface area contributed by atoms with Crippen molar-refractivity contribution in [2.75, 3.05) is 13.2 Å². The van der Waals surface area contributed by atoms with E-state index in [1.165, 1.54) is 11.6 Å². The summed E-state index contributed by atoms with van der Waals surface area (Å²) in [4.78, 5) is 25.2. The molecule has 6 nitrogen and oxygen atoms in total. The fraction of sp³-hybridized carbons (Fsp3) is 0.520. The average molecular weight is 426 g/mol. The van der Waals surface area contributed by atoms with Gasteiger partial charge in [0.15, 0.2) is 5.76 Å². The van der Waals surface area contributed by atoms with Crippen LogP contribution in [0.5, 0.6) is 5.75 Å². The topological polar surface area (TPSA) is 88.8 Å². The first-order chi connectivity index (χ1) is 15.0. The van der Waals surface area contributed by atoms with E-state index in [0.717, 1.165) is 25.7 Å². The molecule has 1 saturated heterocycles. The molecule has 31 heavy (non-hydrogen) atoms. The summed E-state index contributed by atoms with van der Waals surface area (Å²) < 4.78 is 11.3. The quantitative estimate of drug-likeness (QED) is 0.758. The van der Waals surface area contributed by atoms with Gasteiger partial charge in [0.05, 0.1) is 0 Å². The van der Waals surface area contributed by atoms with Gasteiger partial charge in [0.2, 0.25) is 17.1 Å². The Morgan fingerprint density at radius 2 is 1.81 bits per heavy atom. The predicted octanol–water partition coefficient (Wildman–Crippen LogP) is 3.93. The van der Waals surface area contributed by atoms with Crippen LogP contribution in [0.4, 0.5) is 0 Å². The Morgan fingerprint density at radius 3 is 2.48 bits per heavy atom. The van der Waals surface area contributed by atoms with Gasteiger partial charge in [-0.15, -0.1) is 0 Å². The molecule has 1 aliphatic carbocycles. The Bertz CT molecular complexity index is 954. The molecule has 2 aromatic rings. The Balaban J connectivity index is 1.43. The van der Waals surface area contributed by atoms with E-state index in [-0.39, 0.29) is 29.9 Å². The van der Waals surface area contributed by atoms with E-state index in [4.69, 9.17) is 9.15 Å². The normalized spacial score (nSPS) is 23.3. The highest BCUT2D eigenvalue weighted by atomic mass is 16.5. The van der Waals surface area contributed by atoms with Crippen LogP contribution in [0.3, 0.4) is 0 Å². The number of rotatable bonds is 5. The molecule has 0 unspecified atom stereocenters. The van der Waals surface area contributed by atoms with Gasteiger partial charge in [0, 0.05) is 37.2 Å². The van der Waals surface area contributed by atoms with E-state index in [2.05, 4.69) is 29.6 Å². The summed E-state index contributed by atoms with van der Waals surface area (Å²) in [5.74, 6) is 0.763. The van der Waals surface area contributed by atoms with Crippen molar-refractivity contribution >= 4 is 5.91 Å². The van der Waals surface area contributed by atoms with E-state index in [0.29, 0.717) is 37.7 Å². The van der Waals surface area contributed by atoms with Gasteiger partial charge in [0.25, 0.3) is 0 Å². The monoisotopic (exact) mass is 425 g/mol. The molecule has 0 spiro atoms. The zero-order valence-electron chi connectivity index (χ0n) is 18.1. The number of aryl methyl sites for hydroxylation is 1. The van der Waals surface area contributed by atoms with Crippen molar-refractivity contribution in [2.24, 2.45) is 0 Å². The number of hydrogen-bond donors (Lipinski definition) is 2. The van der Waals surface area contributed by atoms with Crippen LogP contribution in [0.2, 0.25) is 0 Å². The molecular formula is C25H31NO5. The standard InChI is InChI=1S/C25H31NO5/c1-17-15-21(27)23(29)24(31-17)25(11-13-30-14-12-25)16-22(28)26-20-9-7-19(8-10-20)18-5-3-2-4-6-18/h2-6,15,19-20,29H,7-14,16H2,1H3,(H,26,28). The number of nitrogens with one attached hydrogen (secondary N) is 1. The number of hydrogen-bond acceptors (Lipinski definition) is 5. The lowest BCUT2D eigenvalue weighted by molar-refractivity contribution is -0.124. The van der Waals surface area contributed by atoms with Gasteiger partial charge in [-0.1, -0.05) is 30.3 Å². The molecule has 4 rings (SSSR count). The van der Waals surface area contributed by atoms with Crippen molar-refractivity contribution in [1.82, 2.24) is 5.32 Å². The fourth-order valence-corrected chi connectivity index (χ4v) is 5.09. The van der Waals surface area contributed by atoms with E-state index in [1.807, 2.05) is 6.07 Å². The molecule has 2 heterocycles. The van der Waals surface area contributed by atoms with Gasteiger partial charge in [-0.3, -0.25) is 9.59 Å². The van der Waals surface area contributed by atoms with Gasteiger partial charge in [-0.05, 0) is 56.9 Å². The molecule has 0 bridgehead atoms. The summed E-state index contributed by atoms with van der Waals surface area (Å²) in [7, 11) is 0. The average Bonchev–Trinajstić information content (AvgIpc) is 2.78. The second-order valence-electron chi connectivity index (χ2n) is 9.00. The maximum atomic E-state index is 13.0. The third kappa shape index (κ3) is 4.85. The third-order valence-corrected chi connectivity index (χ3v) is 6.84. The Labute approximate surface area is 182 Å². The maximum Gasteiger partial charge on any atom is 0.227 e. The third-order valence-electron chi connectivity index (χ3n) is 6.84. The summed E-state index contributed by atoms with van der Waals surface area (Å²) in [6.45, 7) is 2.61. The van der Waals surface area contributed by atoms with E-state index in [9.17, 15) is 14.7 Å². The second-order valence-corrected chi connectivity index (χ2v) is 9.00. The molecule has 2 fully saturated rings. The van der Waals surface area contributed by atoms with Crippen LogP contribution < -0.4 is 10.7 Å². The van der Waals surface area contributed by atoms with Crippen LogP contribution in [-0.4, -0.2) is 30.3 Å². The Morgan fingerprint density at radius 1 is 1.13 bits per heavy atom. The first-order valence-electron chi connectivity index (χ1n) is 11.2. The summed E-state index contributed by atoms with van der Waals surface area (Å²) in [6, 6.07) is 12.0. The van der Waals surface area contributed by atoms with Crippen LogP contribution >= 0.6 is 0 Å². The van der Waals surface area contributed by atoms with E-state index < -0.39 is 10.8 Å². The van der Waals surface area contributed by atoms with E-state index in [1.54, 1.807) is 6.92 Å². The minimum absolute atomic E-state index is 0.0615. The molecule has 1 amide bonds. The predicted molar refractivity (Wildman–Crippen MR) is 117 cm³/mol. The summed E-state index contributed by atoms with van der Waals surface area (Å²) in [6.07, 6.45) is 5.25. The SMILES string of the molecule is Cc1cc(=O)c(O)c(C2(CC(=O)NC3CCC(c4ccccc4)CC3)CCOCC2)o1. The van der Waals surface area contributed by atoms with Crippen LogP contribution in [0, 0.1) is 6.92 Å². The van der Waals surface area contributed by atoms with Crippen LogP contribution in [0.1, 0.15) is 67.9 Å². The number of carbonyl (C=O) groups excluding carboxylic acids is 1. The minimum atomic E-state index is -0.723. The number of ether oxygens (including phenoxy) is 1. The Kier molecular flexibility index (Phi) is 6.46. The van der Waals surface area contributed by atoms with Gasteiger partial charge >= 0.3 is 0 Å². The van der Waals surface area contributed by atoms with Crippen molar-refractivity contribution in [3.05, 3.63) is 63.7 Å². The summed E-state index contributed by atoms with van der Waals surface area (Å²) in [5, 5.41) is 13.6. The van der Waals surface area contributed by atoms with Crippen LogP contribution in [0.15, 0.2) is 45.6 Å². The largest absolute Gasteiger partial charge is 0.502 e. The highest BCUT2D eigenvalue weighted by Crippen LogP contribution is 2.41. The summed E-state index contributed by atoms with van der Waals surface area (Å²) in [5.41, 5.74) is 0.182. The van der Waals surface area contributed by atoms with Crippen molar-refractivity contribution in [1.29, 1.82) is 0 Å². The molecule has 166 valence electrons. The Hall–Kier alpha value is -2.60. The molecule has 2 N–H and O–H groups in total. The minimum Gasteiger partial charge on any atom is -0.502 e. The second kappa shape index (κ2) is 9.27. The first-order valence-corrected chi connectivity index (χ1v) is 11.2. The smallest absolute Gasteiger partial charge is 0.227 e. The molecule has 1 aromatic heterocycles.